The van der Waals surface area contributed by atoms with E-state index in [0.717, 1.165) is 63.6 Å². The molecule has 1 fully saturated rings. The van der Waals surface area contributed by atoms with Crippen molar-refractivity contribution in [3.63, 3.8) is 0 Å². The topological polar surface area (TPSA) is 59.6 Å². The summed E-state index contributed by atoms with van der Waals surface area (Å²) in [5.74, 6) is 3.84. The third-order valence-corrected chi connectivity index (χ3v) is 7.34. The van der Waals surface area contributed by atoms with Gasteiger partial charge in [-0.3, -0.25) is 4.98 Å². The largest absolute Gasteiger partial charge is 0.493 e. The summed E-state index contributed by atoms with van der Waals surface area (Å²) in [5, 5.41) is 2.02. The van der Waals surface area contributed by atoms with Crippen LogP contribution >= 0.6 is 0 Å². The SMILES string of the molecule is CCC1CCCN(CCCOc2cc3nccc(Oc4ccc5[nH]c(C)cc5c4)c3cc2OC)CC1. The van der Waals surface area contributed by atoms with E-state index >= 15 is 0 Å². The summed E-state index contributed by atoms with van der Waals surface area (Å²) in [5.41, 5.74) is 3.05. The summed E-state index contributed by atoms with van der Waals surface area (Å²) >= 11 is 0. The summed E-state index contributed by atoms with van der Waals surface area (Å²) in [6.07, 6.45) is 8.08. The van der Waals surface area contributed by atoms with Crippen LogP contribution in [-0.2, 0) is 0 Å². The molecular weight excluding hydrogens is 450 g/mol. The smallest absolute Gasteiger partial charge is 0.163 e. The van der Waals surface area contributed by atoms with Gasteiger partial charge in [0.1, 0.15) is 11.5 Å². The van der Waals surface area contributed by atoms with Gasteiger partial charge < -0.3 is 24.1 Å². The molecule has 0 saturated carbocycles. The van der Waals surface area contributed by atoms with Gasteiger partial charge in [0, 0.05) is 40.8 Å². The maximum absolute atomic E-state index is 6.28. The molecule has 0 bridgehead atoms. The summed E-state index contributed by atoms with van der Waals surface area (Å²) in [6.45, 7) is 8.52. The highest BCUT2D eigenvalue weighted by Gasteiger charge is 2.16. The second kappa shape index (κ2) is 11.2. The van der Waals surface area contributed by atoms with Crippen molar-refractivity contribution in [1.29, 1.82) is 0 Å². The van der Waals surface area contributed by atoms with Gasteiger partial charge >= 0.3 is 0 Å². The van der Waals surface area contributed by atoms with Gasteiger partial charge in [-0.05, 0) is 88.0 Å². The first-order valence-corrected chi connectivity index (χ1v) is 13.2. The van der Waals surface area contributed by atoms with Crippen LogP contribution in [0.3, 0.4) is 0 Å². The van der Waals surface area contributed by atoms with Crippen molar-refractivity contribution in [2.45, 2.75) is 46.0 Å². The molecule has 1 N–H and O–H groups in total. The lowest BCUT2D eigenvalue weighted by Gasteiger charge is -2.20. The number of methoxy groups -OCH3 is 1. The van der Waals surface area contributed by atoms with E-state index in [1.165, 1.54) is 38.8 Å². The molecule has 5 rings (SSSR count). The molecule has 0 spiro atoms. The van der Waals surface area contributed by atoms with Crippen molar-refractivity contribution >= 4 is 21.8 Å². The van der Waals surface area contributed by atoms with Crippen LogP contribution in [0.1, 0.15) is 44.7 Å². The molecule has 3 heterocycles. The monoisotopic (exact) mass is 487 g/mol. The highest BCUT2D eigenvalue weighted by Crippen LogP contribution is 2.37. The predicted molar refractivity (Wildman–Crippen MR) is 146 cm³/mol. The summed E-state index contributed by atoms with van der Waals surface area (Å²) in [6, 6.07) is 14.0. The van der Waals surface area contributed by atoms with E-state index in [9.17, 15) is 0 Å². The Balaban J connectivity index is 1.26. The molecule has 190 valence electrons. The Hall–Kier alpha value is -3.25. The maximum Gasteiger partial charge on any atom is 0.163 e. The highest BCUT2D eigenvalue weighted by atomic mass is 16.5. The van der Waals surface area contributed by atoms with E-state index in [4.69, 9.17) is 14.2 Å². The second-order valence-corrected chi connectivity index (χ2v) is 9.88. The average molecular weight is 488 g/mol. The third kappa shape index (κ3) is 5.59. The molecule has 0 aliphatic carbocycles. The molecule has 6 heteroatoms. The fraction of sp³-hybridized carbons (Fsp3) is 0.433. The van der Waals surface area contributed by atoms with Crippen LogP contribution in [0.2, 0.25) is 0 Å². The van der Waals surface area contributed by atoms with Gasteiger partial charge in [-0.1, -0.05) is 13.3 Å². The fourth-order valence-corrected chi connectivity index (χ4v) is 5.26. The number of rotatable bonds is 9. The molecule has 1 aliphatic rings. The van der Waals surface area contributed by atoms with Crippen molar-refractivity contribution < 1.29 is 14.2 Å². The van der Waals surface area contributed by atoms with Crippen LogP contribution in [0.15, 0.2) is 48.7 Å². The number of nitrogens with one attached hydrogen (secondary N) is 1. The van der Waals surface area contributed by atoms with Gasteiger partial charge in [0.05, 0.1) is 19.2 Å². The highest BCUT2D eigenvalue weighted by molar-refractivity contribution is 5.88. The van der Waals surface area contributed by atoms with E-state index in [0.29, 0.717) is 12.4 Å². The molecule has 2 aromatic heterocycles. The van der Waals surface area contributed by atoms with Crippen molar-refractivity contribution in [1.82, 2.24) is 14.9 Å². The van der Waals surface area contributed by atoms with Crippen LogP contribution in [0.4, 0.5) is 0 Å². The molecule has 1 atom stereocenters. The lowest BCUT2D eigenvalue weighted by atomic mass is 9.98. The number of likely N-dealkylation sites (tertiary alicyclic amines) is 1. The van der Waals surface area contributed by atoms with Gasteiger partial charge in [0.15, 0.2) is 11.5 Å². The van der Waals surface area contributed by atoms with E-state index in [-0.39, 0.29) is 0 Å². The molecule has 1 unspecified atom stereocenters. The first kappa shape index (κ1) is 24.4. The number of aromatic nitrogens is 2. The van der Waals surface area contributed by atoms with E-state index < -0.39 is 0 Å². The number of benzene rings is 2. The predicted octanol–water partition coefficient (Wildman–Crippen LogP) is 7.11. The number of hydrogen-bond acceptors (Lipinski definition) is 5. The molecule has 36 heavy (non-hydrogen) atoms. The zero-order chi connectivity index (χ0) is 24.9. The minimum absolute atomic E-state index is 0.655. The van der Waals surface area contributed by atoms with Gasteiger partial charge in [0.2, 0.25) is 0 Å². The number of hydrogen-bond donors (Lipinski definition) is 1. The van der Waals surface area contributed by atoms with Gasteiger partial charge in [-0.2, -0.15) is 0 Å². The quantitative estimate of drug-likeness (QED) is 0.255. The first-order valence-electron chi connectivity index (χ1n) is 13.2. The number of H-pyrrole nitrogens is 1. The Kier molecular flexibility index (Phi) is 7.61. The fourth-order valence-electron chi connectivity index (χ4n) is 5.26. The van der Waals surface area contributed by atoms with Crippen LogP contribution in [0.25, 0.3) is 21.8 Å². The summed E-state index contributed by atoms with van der Waals surface area (Å²) < 4.78 is 18.1. The zero-order valence-electron chi connectivity index (χ0n) is 21.7. The number of aromatic amines is 1. The molecule has 1 aliphatic heterocycles. The van der Waals surface area contributed by atoms with Crippen molar-refractivity contribution in [3.8, 4) is 23.0 Å². The van der Waals surface area contributed by atoms with E-state index in [1.54, 1.807) is 13.3 Å². The number of fused-ring (bicyclic) bond motifs is 2. The molecule has 2 aromatic carbocycles. The molecule has 6 nitrogen and oxygen atoms in total. The molecule has 4 aromatic rings. The van der Waals surface area contributed by atoms with Crippen molar-refractivity contribution in [2.24, 2.45) is 5.92 Å². The zero-order valence-corrected chi connectivity index (χ0v) is 21.7. The van der Waals surface area contributed by atoms with Crippen molar-refractivity contribution in [3.05, 3.63) is 54.4 Å². The molecular formula is C30H37N3O3. The Bertz CT molecular complexity index is 1320. The Labute approximate surface area is 213 Å². The van der Waals surface area contributed by atoms with Crippen LogP contribution in [0, 0.1) is 12.8 Å². The van der Waals surface area contributed by atoms with Gasteiger partial charge in [-0.25, -0.2) is 0 Å². The second-order valence-electron chi connectivity index (χ2n) is 9.88. The number of pyridine rings is 1. The molecule has 1 saturated heterocycles. The Morgan fingerprint density at radius 2 is 1.94 bits per heavy atom. The normalized spacial score (nSPS) is 16.8. The molecule has 0 radical (unpaired) electrons. The summed E-state index contributed by atoms with van der Waals surface area (Å²) in [7, 11) is 1.68. The average Bonchev–Trinajstić information content (AvgIpc) is 3.10. The van der Waals surface area contributed by atoms with Gasteiger partial charge in [-0.15, -0.1) is 0 Å². The van der Waals surface area contributed by atoms with Crippen molar-refractivity contribution in [2.75, 3.05) is 33.4 Å². The Morgan fingerprint density at radius 3 is 2.81 bits per heavy atom. The van der Waals surface area contributed by atoms with Crippen LogP contribution in [-0.4, -0.2) is 48.2 Å². The first-order chi connectivity index (χ1) is 17.6. The number of aryl methyl sites for hydroxylation is 1. The van der Waals surface area contributed by atoms with Gasteiger partial charge in [0.25, 0.3) is 0 Å². The lowest BCUT2D eigenvalue weighted by molar-refractivity contribution is 0.233. The Morgan fingerprint density at radius 1 is 1.03 bits per heavy atom. The standard InChI is InChI=1S/C30H37N3O3/c1-4-22-7-5-13-33(15-11-22)14-6-16-35-30-20-27-25(19-29(30)34-3)28(10-12-31-27)36-24-8-9-26-23(18-24)17-21(2)32-26/h8-10,12,17-20,22,32H,4-7,11,13-16H2,1-3H3. The lowest BCUT2D eigenvalue weighted by Crippen LogP contribution is -2.27. The maximum atomic E-state index is 6.28. The van der Waals surface area contributed by atoms with Crippen LogP contribution in [0.5, 0.6) is 23.0 Å². The molecule has 0 amide bonds. The number of nitrogens with zero attached hydrogens (tertiary/aromatic N) is 2. The summed E-state index contributed by atoms with van der Waals surface area (Å²) in [4.78, 5) is 10.5. The van der Waals surface area contributed by atoms with E-state index in [2.05, 4.69) is 34.8 Å². The number of ether oxygens (including phenoxy) is 3. The third-order valence-electron chi connectivity index (χ3n) is 7.34. The minimum Gasteiger partial charge on any atom is -0.493 e. The van der Waals surface area contributed by atoms with Crippen LogP contribution < -0.4 is 14.2 Å². The minimum atomic E-state index is 0.655. The van der Waals surface area contributed by atoms with E-state index in [1.807, 2.05) is 36.4 Å².